The zero-order valence-electron chi connectivity index (χ0n) is 16.8. The third-order valence-electron chi connectivity index (χ3n) is 4.70. The third-order valence-corrected chi connectivity index (χ3v) is 4.95. The Labute approximate surface area is 183 Å². The van der Waals surface area contributed by atoms with Gasteiger partial charge in [-0.3, -0.25) is 19.7 Å². The molecule has 0 unspecified atom stereocenters. The molecule has 0 aliphatic rings. The lowest BCUT2D eigenvalue weighted by molar-refractivity contribution is -0.385. The van der Waals surface area contributed by atoms with Gasteiger partial charge in [0.25, 0.3) is 11.6 Å². The number of amides is 2. The number of halogens is 1. The number of benzene rings is 2. The summed E-state index contributed by atoms with van der Waals surface area (Å²) in [6.07, 6.45) is 3.38. The number of rotatable bonds is 7. The summed E-state index contributed by atoms with van der Waals surface area (Å²) in [4.78, 5) is 39.8. The van der Waals surface area contributed by atoms with Gasteiger partial charge in [0.05, 0.1) is 11.5 Å². The van der Waals surface area contributed by atoms with E-state index in [0.29, 0.717) is 16.4 Å². The van der Waals surface area contributed by atoms with E-state index in [2.05, 4.69) is 15.6 Å². The Bertz CT molecular complexity index is 1130. The summed E-state index contributed by atoms with van der Waals surface area (Å²) in [7, 11) is 1.81. The molecule has 0 aliphatic heterocycles. The fraction of sp³-hybridized carbons (Fsp3) is 0.190. The van der Waals surface area contributed by atoms with E-state index in [1.54, 1.807) is 48.1 Å². The Hall–Kier alpha value is -3.72. The molecular weight excluding hydrogens is 422 g/mol. The standard InChI is InChI=1S/C21H20ClN5O4/c1-13-3-4-15(11-17(13)27(30)31)21(29)24-12-18(28)25-19(20-23-9-10-26(20)2)14-5-7-16(22)8-6-14/h3-11,19H,12H2,1-2H3,(H,24,29)(H,25,28)/t19-/m0/s1. The maximum atomic E-state index is 12.6. The molecule has 9 nitrogen and oxygen atoms in total. The SMILES string of the molecule is Cc1ccc(C(=O)NCC(=O)N[C@@H](c2ccc(Cl)cc2)c2nccn2C)cc1[N+](=O)[O-]. The van der Waals surface area contributed by atoms with E-state index in [-0.39, 0.29) is 17.8 Å². The zero-order valence-corrected chi connectivity index (χ0v) is 17.6. The van der Waals surface area contributed by atoms with Crippen LogP contribution in [0.15, 0.2) is 54.9 Å². The van der Waals surface area contributed by atoms with E-state index in [0.717, 1.165) is 5.56 Å². The zero-order chi connectivity index (χ0) is 22.5. The first kappa shape index (κ1) is 22.0. The smallest absolute Gasteiger partial charge is 0.273 e. The Morgan fingerprint density at radius 1 is 1.23 bits per heavy atom. The van der Waals surface area contributed by atoms with E-state index >= 15 is 0 Å². The number of nitrogens with one attached hydrogen (secondary N) is 2. The van der Waals surface area contributed by atoms with E-state index in [1.165, 1.54) is 18.2 Å². The molecule has 0 aliphatic carbocycles. The fourth-order valence-corrected chi connectivity index (χ4v) is 3.16. The number of nitro groups is 1. The minimum atomic E-state index is -0.585. The largest absolute Gasteiger partial charge is 0.343 e. The molecule has 0 radical (unpaired) electrons. The van der Waals surface area contributed by atoms with Crippen molar-refractivity contribution < 1.29 is 14.5 Å². The molecule has 0 fully saturated rings. The van der Waals surface area contributed by atoms with Crippen LogP contribution in [0.25, 0.3) is 0 Å². The Morgan fingerprint density at radius 3 is 2.55 bits per heavy atom. The minimum Gasteiger partial charge on any atom is -0.343 e. The third kappa shape index (κ3) is 5.26. The lowest BCUT2D eigenvalue weighted by atomic mass is 10.1. The molecule has 0 saturated heterocycles. The van der Waals surface area contributed by atoms with Gasteiger partial charge in [-0.25, -0.2) is 4.98 Å². The van der Waals surface area contributed by atoms with E-state index in [9.17, 15) is 19.7 Å². The average molecular weight is 442 g/mol. The van der Waals surface area contributed by atoms with Crippen LogP contribution in [0.1, 0.15) is 33.4 Å². The summed E-state index contributed by atoms with van der Waals surface area (Å²) in [6, 6.07) is 10.6. The van der Waals surface area contributed by atoms with Gasteiger partial charge in [-0.05, 0) is 30.7 Å². The number of aromatic nitrogens is 2. The number of aryl methyl sites for hydroxylation is 2. The molecule has 10 heteroatoms. The highest BCUT2D eigenvalue weighted by Crippen LogP contribution is 2.22. The minimum absolute atomic E-state index is 0.100. The van der Waals surface area contributed by atoms with Gasteiger partial charge < -0.3 is 15.2 Å². The van der Waals surface area contributed by atoms with Gasteiger partial charge in [0, 0.05) is 41.7 Å². The number of nitro benzene ring substituents is 1. The average Bonchev–Trinajstić information content (AvgIpc) is 3.16. The molecule has 2 N–H and O–H groups in total. The van der Waals surface area contributed by atoms with E-state index < -0.39 is 22.8 Å². The summed E-state index contributed by atoms with van der Waals surface area (Å²) < 4.78 is 1.78. The molecule has 1 heterocycles. The molecule has 1 aromatic heterocycles. The van der Waals surface area contributed by atoms with Crippen molar-refractivity contribution in [3.63, 3.8) is 0 Å². The van der Waals surface area contributed by atoms with Crippen molar-refractivity contribution in [2.45, 2.75) is 13.0 Å². The summed E-state index contributed by atoms with van der Waals surface area (Å²) >= 11 is 5.96. The topological polar surface area (TPSA) is 119 Å². The van der Waals surface area contributed by atoms with Crippen LogP contribution in [0.3, 0.4) is 0 Å². The Morgan fingerprint density at radius 2 is 1.94 bits per heavy atom. The van der Waals surface area contributed by atoms with Crippen LogP contribution in [-0.2, 0) is 11.8 Å². The Kier molecular flexibility index (Phi) is 6.66. The first-order valence-corrected chi connectivity index (χ1v) is 9.69. The van der Waals surface area contributed by atoms with Crippen LogP contribution in [0, 0.1) is 17.0 Å². The molecule has 31 heavy (non-hydrogen) atoms. The predicted molar refractivity (Wildman–Crippen MR) is 115 cm³/mol. The second-order valence-corrected chi connectivity index (χ2v) is 7.33. The normalized spacial score (nSPS) is 11.6. The monoisotopic (exact) mass is 441 g/mol. The van der Waals surface area contributed by atoms with Crippen LogP contribution in [-0.4, -0.2) is 32.8 Å². The second-order valence-electron chi connectivity index (χ2n) is 6.89. The first-order chi connectivity index (χ1) is 14.8. The molecule has 2 amide bonds. The van der Waals surface area contributed by atoms with Crippen molar-refractivity contribution >= 4 is 29.1 Å². The number of hydrogen-bond donors (Lipinski definition) is 2. The highest BCUT2D eigenvalue weighted by Gasteiger charge is 2.21. The number of nitrogens with zero attached hydrogens (tertiary/aromatic N) is 3. The molecule has 1 atom stereocenters. The van der Waals surface area contributed by atoms with Crippen molar-refractivity contribution in [1.82, 2.24) is 20.2 Å². The fourth-order valence-electron chi connectivity index (χ4n) is 3.03. The van der Waals surface area contributed by atoms with Gasteiger partial charge in [0.15, 0.2) is 0 Å². The van der Waals surface area contributed by atoms with E-state index in [4.69, 9.17) is 11.6 Å². The second kappa shape index (κ2) is 9.40. The van der Waals surface area contributed by atoms with Crippen LogP contribution >= 0.6 is 11.6 Å². The van der Waals surface area contributed by atoms with E-state index in [1.807, 2.05) is 7.05 Å². The highest BCUT2D eigenvalue weighted by atomic mass is 35.5. The maximum Gasteiger partial charge on any atom is 0.273 e. The molecule has 3 rings (SSSR count). The summed E-state index contributed by atoms with van der Waals surface area (Å²) in [5.41, 5.74) is 1.16. The van der Waals surface area contributed by atoms with Gasteiger partial charge in [-0.2, -0.15) is 0 Å². The van der Waals surface area contributed by atoms with Crippen molar-refractivity contribution in [2.24, 2.45) is 7.05 Å². The number of carbonyl (C=O) groups excluding carboxylic acids is 2. The van der Waals surface area contributed by atoms with Gasteiger partial charge in [0.1, 0.15) is 11.9 Å². The number of imidazole rings is 1. The molecule has 0 saturated carbocycles. The van der Waals surface area contributed by atoms with Crippen molar-refractivity contribution in [3.05, 3.63) is 92.5 Å². The van der Waals surface area contributed by atoms with Crippen molar-refractivity contribution in [2.75, 3.05) is 6.54 Å². The summed E-state index contributed by atoms with van der Waals surface area (Å²) in [5, 5.41) is 17.0. The highest BCUT2D eigenvalue weighted by molar-refractivity contribution is 6.30. The van der Waals surface area contributed by atoms with Crippen LogP contribution < -0.4 is 10.6 Å². The summed E-state index contributed by atoms with van der Waals surface area (Å²) in [5.74, 6) is -0.424. The van der Waals surface area contributed by atoms with Crippen molar-refractivity contribution in [3.8, 4) is 0 Å². The predicted octanol–water partition coefficient (Wildman–Crippen LogP) is 2.93. The molecule has 0 bridgehead atoms. The van der Waals surface area contributed by atoms with Crippen molar-refractivity contribution in [1.29, 1.82) is 0 Å². The Balaban J connectivity index is 1.71. The lowest BCUT2D eigenvalue weighted by Gasteiger charge is -2.19. The van der Waals surface area contributed by atoms with Gasteiger partial charge in [-0.1, -0.05) is 29.8 Å². The summed E-state index contributed by atoms with van der Waals surface area (Å²) in [6.45, 7) is 1.27. The first-order valence-electron chi connectivity index (χ1n) is 9.31. The van der Waals surface area contributed by atoms with Gasteiger partial charge in [0.2, 0.25) is 5.91 Å². The maximum absolute atomic E-state index is 12.6. The number of carbonyl (C=O) groups is 2. The van der Waals surface area contributed by atoms with Crippen LogP contribution in [0.4, 0.5) is 5.69 Å². The van der Waals surface area contributed by atoms with Gasteiger partial charge in [-0.15, -0.1) is 0 Å². The molecule has 0 spiro atoms. The molecule has 160 valence electrons. The van der Waals surface area contributed by atoms with Crippen LogP contribution in [0.5, 0.6) is 0 Å². The molecular formula is C21H20ClN5O4. The molecule has 2 aromatic carbocycles. The lowest BCUT2D eigenvalue weighted by Crippen LogP contribution is -2.39. The quantitative estimate of drug-likeness (QED) is 0.431. The molecule has 3 aromatic rings. The van der Waals surface area contributed by atoms with Crippen LogP contribution in [0.2, 0.25) is 5.02 Å². The van der Waals surface area contributed by atoms with Gasteiger partial charge >= 0.3 is 0 Å². The number of hydrogen-bond acceptors (Lipinski definition) is 5.